The van der Waals surface area contributed by atoms with Crippen LogP contribution in [0.25, 0.3) is 16.8 Å². The van der Waals surface area contributed by atoms with Gasteiger partial charge in [-0.1, -0.05) is 60.7 Å². The number of benzene rings is 3. The predicted octanol–water partition coefficient (Wildman–Crippen LogP) is 5.21. The highest BCUT2D eigenvalue weighted by Crippen LogP contribution is 2.28. The summed E-state index contributed by atoms with van der Waals surface area (Å²) in [6, 6.07) is 22.6. The second kappa shape index (κ2) is 7.12. The molecule has 0 fully saturated rings. The molecule has 3 rings (SSSR count). The van der Waals surface area contributed by atoms with Gasteiger partial charge in [0.1, 0.15) is 11.5 Å². The molecule has 0 aromatic heterocycles. The molecule has 3 aromatic rings. The van der Waals surface area contributed by atoms with Crippen molar-refractivity contribution in [2.24, 2.45) is 0 Å². The third-order valence-corrected chi connectivity index (χ3v) is 3.64. The number of likely N-dealkylation sites (N-methyl/N-ethyl adjacent to an activating group) is 1. The van der Waals surface area contributed by atoms with Crippen LogP contribution in [0.4, 0.5) is 0 Å². The van der Waals surface area contributed by atoms with Crippen LogP contribution < -0.4 is 4.74 Å². The molecule has 0 aliphatic heterocycles. The van der Waals surface area contributed by atoms with Gasteiger partial charge in [-0.3, -0.25) is 0 Å². The second-order valence-electron chi connectivity index (χ2n) is 5.81. The lowest BCUT2D eigenvalue weighted by atomic mass is 10.1. The molecule has 0 radical (unpaired) electrons. The first-order valence-corrected chi connectivity index (χ1v) is 7.79. The van der Waals surface area contributed by atoms with E-state index < -0.39 is 0 Å². The molecule has 0 aliphatic carbocycles. The molecule has 0 saturated carbocycles. The zero-order chi connectivity index (χ0) is 16.1. The zero-order valence-electron chi connectivity index (χ0n) is 13.6. The minimum absolute atomic E-state index is 0.858. The first kappa shape index (κ1) is 15.3. The van der Waals surface area contributed by atoms with Crippen molar-refractivity contribution in [3.05, 3.63) is 78.4 Å². The van der Waals surface area contributed by atoms with Crippen LogP contribution in [-0.4, -0.2) is 25.5 Å². The Hall–Kier alpha value is -2.58. The molecule has 0 heterocycles. The van der Waals surface area contributed by atoms with Gasteiger partial charge in [0.15, 0.2) is 0 Å². The summed E-state index contributed by atoms with van der Waals surface area (Å²) in [5.41, 5.74) is 1.09. The number of para-hydroxylation sites is 1. The molecular weight excluding hydrogens is 282 g/mol. The lowest BCUT2D eigenvalue weighted by Gasteiger charge is -2.10. The SMILES string of the molecule is CN(C)CC=Cc1ccccc1Oc1ccc2ccccc2c1. The number of hydrogen-bond acceptors (Lipinski definition) is 2. The average molecular weight is 303 g/mol. The average Bonchev–Trinajstić information content (AvgIpc) is 2.56. The van der Waals surface area contributed by atoms with Gasteiger partial charge in [-0.15, -0.1) is 0 Å². The van der Waals surface area contributed by atoms with E-state index >= 15 is 0 Å². The third-order valence-electron chi connectivity index (χ3n) is 3.64. The second-order valence-corrected chi connectivity index (χ2v) is 5.81. The standard InChI is InChI=1S/C21H21NO/c1-22(2)15-7-11-18-9-5-6-12-21(18)23-20-14-13-17-8-3-4-10-19(17)16-20/h3-14,16H,15H2,1-2H3. The molecule has 0 atom stereocenters. The molecule has 116 valence electrons. The van der Waals surface area contributed by atoms with Crippen LogP contribution in [0.2, 0.25) is 0 Å². The van der Waals surface area contributed by atoms with Gasteiger partial charge >= 0.3 is 0 Å². The first-order valence-electron chi connectivity index (χ1n) is 7.79. The van der Waals surface area contributed by atoms with Crippen LogP contribution in [0.3, 0.4) is 0 Å². The van der Waals surface area contributed by atoms with E-state index in [-0.39, 0.29) is 0 Å². The highest BCUT2D eigenvalue weighted by atomic mass is 16.5. The molecule has 2 nitrogen and oxygen atoms in total. The summed E-state index contributed by atoms with van der Waals surface area (Å²) < 4.78 is 6.11. The Balaban J connectivity index is 1.85. The van der Waals surface area contributed by atoms with Crippen molar-refractivity contribution in [3.63, 3.8) is 0 Å². The Morgan fingerprint density at radius 1 is 0.870 bits per heavy atom. The third kappa shape index (κ3) is 3.99. The van der Waals surface area contributed by atoms with Crippen molar-refractivity contribution < 1.29 is 4.74 Å². The number of fused-ring (bicyclic) bond motifs is 1. The van der Waals surface area contributed by atoms with Crippen LogP contribution in [0.5, 0.6) is 11.5 Å². The summed E-state index contributed by atoms with van der Waals surface area (Å²) in [4.78, 5) is 2.13. The molecule has 3 aromatic carbocycles. The van der Waals surface area contributed by atoms with Crippen molar-refractivity contribution in [1.29, 1.82) is 0 Å². The fourth-order valence-corrected chi connectivity index (χ4v) is 2.46. The van der Waals surface area contributed by atoms with E-state index in [9.17, 15) is 0 Å². The fraction of sp³-hybridized carbons (Fsp3) is 0.143. The van der Waals surface area contributed by atoms with Gasteiger partial charge in [-0.2, -0.15) is 0 Å². The quantitative estimate of drug-likeness (QED) is 0.642. The van der Waals surface area contributed by atoms with Crippen molar-refractivity contribution >= 4 is 16.8 Å². The Bertz CT molecular complexity index is 821. The maximum absolute atomic E-state index is 6.11. The van der Waals surface area contributed by atoms with Gasteiger partial charge in [0.2, 0.25) is 0 Å². The minimum atomic E-state index is 0.858. The molecule has 2 heteroatoms. The normalized spacial score (nSPS) is 11.4. The van der Waals surface area contributed by atoms with Crippen molar-refractivity contribution in [3.8, 4) is 11.5 Å². The van der Waals surface area contributed by atoms with E-state index in [1.165, 1.54) is 10.8 Å². The Morgan fingerprint density at radius 3 is 2.43 bits per heavy atom. The Kier molecular flexibility index (Phi) is 4.74. The molecule has 0 unspecified atom stereocenters. The first-order chi connectivity index (χ1) is 11.2. The molecular formula is C21H21NO. The van der Waals surface area contributed by atoms with Gasteiger partial charge in [0.05, 0.1) is 0 Å². The summed E-state index contributed by atoms with van der Waals surface area (Å²) in [5.74, 6) is 1.73. The summed E-state index contributed by atoms with van der Waals surface area (Å²) in [6.07, 6.45) is 4.25. The van der Waals surface area contributed by atoms with E-state index in [1.807, 2.05) is 36.4 Å². The van der Waals surface area contributed by atoms with E-state index in [0.29, 0.717) is 0 Å². The van der Waals surface area contributed by atoms with Crippen LogP contribution in [0, 0.1) is 0 Å². The van der Waals surface area contributed by atoms with E-state index in [2.05, 4.69) is 61.5 Å². The van der Waals surface area contributed by atoms with Gasteiger partial charge < -0.3 is 9.64 Å². The van der Waals surface area contributed by atoms with E-state index in [1.54, 1.807) is 0 Å². The lowest BCUT2D eigenvalue weighted by Crippen LogP contribution is -2.10. The van der Waals surface area contributed by atoms with Crippen LogP contribution in [0.1, 0.15) is 5.56 Å². The molecule has 0 saturated heterocycles. The smallest absolute Gasteiger partial charge is 0.134 e. The lowest BCUT2D eigenvalue weighted by molar-refractivity contribution is 0.457. The van der Waals surface area contributed by atoms with Crippen molar-refractivity contribution in [2.45, 2.75) is 0 Å². The number of ether oxygens (including phenoxy) is 1. The molecule has 0 amide bonds. The van der Waals surface area contributed by atoms with Gasteiger partial charge in [-0.05, 0) is 43.1 Å². The predicted molar refractivity (Wildman–Crippen MR) is 98.1 cm³/mol. The van der Waals surface area contributed by atoms with Crippen LogP contribution >= 0.6 is 0 Å². The summed E-state index contributed by atoms with van der Waals surface area (Å²) in [6.45, 7) is 0.907. The molecule has 0 spiro atoms. The molecule has 0 aliphatic rings. The largest absolute Gasteiger partial charge is 0.457 e. The molecule has 0 bridgehead atoms. The van der Waals surface area contributed by atoms with E-state index in [4.69, 9.17) is 4.74 Å². The maximum Gasteiger partial charge on any atom is 0.134 e. The fourth-order valence-electron chi connectivity index (χ4n) is 2.46. The minimum Gasteiger partial charge on any atom is -0.457 e. The van der Waals surface area contributed by atoms with Crippen LogP contribution in [0.15, 0.2) is 72.8 Å². The zero-order valence-corrected chi connectivity index (χ0v) is 13.6. The molecule has 23 heavy (non-hydrogen) atoms. The van der Waals surface area contributed by atoms with Gasteiger partial charge in [-0.25, -0.2) is 0 Å². The summed E-state index contributed by atoms with van der Waals surface area (Å²) >= 11 is 0. The van der Waals surface area contributed by atoms with Gasteiger partial charge in [0, 0.05) is 12.1 Å². The topological polar surface area (TPSA) is 12.5 Å². The number of rotatable bonds is 5. The highest BCUT2D eigenvalue weighted by molar-refractivity contribution is 5.83. The molecule has 0 N–H and O–H groups in total. The monoisotopic (exact) mass is 303 g/mol. The number of hydrogen-bond donors (Lipinski definition) is 0. The van der Waals surface area contributed by atoms with Crippen LogP contribution in [-0.2, 0) is 0 Å². The maximum atomic E-state index is 6.11. The van der Waals surface area contributed by atoms with Gasteiger partial charge in [0.25, 0.3) is 0 Å². The van der Waals surface area contributed by atoms with Crippen molar-refractivity contribution in [2.75, 3.05) is 20.6 Å². The summed E-state index contributed by atoms with van der Waals surface area (Å²) in [5, 5.41) is 2.41. The Labute approximate surface area is 137 Å². The van der Waals surface area contributed by atoms with Crippen molar-refractivity contribution in [1.82, 2.24) is 4.90 Å². The Morgan fingerprint density at radius 2 is 1.61 bits per heavy atom. The number of nitrogens with zero attached hydrogens (tertiary/aromatic N) is 1. The van der Waals surface area contributed by atoms with E-state index in [0.717, 1.165) is 23.6 Å². The summed E-state index contributed by atoms with van der Waals surface area (Å²) in [7, 11) is 4.11. The highest BCUT2D eigenvalue weighted by Gasteiger charge is 2.03.